The van der Waals surface area contributed by atoms with E-state index in [0.29, 0.717) is 35.4 Å². The number of esters is 1. The zero-order chi connectivity index (χ0) is 25.4. The highest BCUT2D eigenvalue weighted by atomic mass is 19.1. The summed E-state index contributed by atoms with van der Waals surface area (Å²) in [4.78, 5) is 31.8. The Kier molecular flexibility index (Phi) is 6.64. The van der Waals surface area contributed by atoms with Gasteiger partial charge in [0.1, 0.15) is 12.3 Å². The van der Waals surface area contributed by atoms with E-state index in [1.165, 1.54) is 7.11 Å². The maximum absolute atomic E-state index is 15.5. The summed E-state index contributed by atoms with van der Waals surface area (Å²) < 4.78 is 27.6. The molecule has 2 aliphatic rings. The monoisotopic (exact) mass is 494 g/mol. The van der Waals surface area contributed by atoms with Crippen LogP contribution in [-0.2, 0) is 22.4 Å². The third-order valence-corrected chi connectivity index (χ3v) is 7.28. The highest BCUT2D eigenvalue weighted by Gasteiger charge is 2.30. The SMILES string of the molecule is CCc1cc(C(=O)N2CCCCC[C@H]2C)nc2cc(-c3ccc4c(c3F)OCC(C(=O)OC)C4)nn12. The van der Waals surface area contributed by atoms with E-state index >= 15 is 4.39 Å². The third kappa shape index (κ3) is 4.31. The number of hydrogen-bond donors (Lipinski definition) is 0. The number of ether oxygens (including phenoxy) is 2. The molecule has 1 fully saturated rings. The second-order valence-corrected chi connectivity index (χ2v) is 9.63. The van der Waals surface area contributed by atoms with Crippen LogP contribution in [0, 0.1) is 11.7 Å². The molecule has 3 aromatic rings. The maximum Gasteiger partial charge on any atom is 0.312 e. The van der Waals surface area contributed by atoms with E-state index in [2.05, 4.69) is 17.0 Å². The Bertz CT molecular complexity index is 1320. The quantitative estimate of drug-likeness (QED) is 0.505. The van der Waals surface area contributed by atoms with Gasteiger partial charge in [0.15, 0.2) is 17.2 Å². The van der Waals surface area contributed by atoms with Crippen LogP contribution in [0.2, 0.25) is 0 Å². The molecule has 2 aliphatic heterocycles. The van der Waals surface area contributed by atoms with E-state index in [9.17, 15) is 9.59 Å². The fourth-order valence-electron chi connectivity index (χ4n) is 5.19. The highest BCUT2D eigenvalue weighted by Crippen LogP contribution is 2.36. The fourth-order valence-corrected chi connectivity index (χ4v) is 5.19. The maximum atomic E-state index is 15.5. The van der Waals surface area contributed by atoms with Crippen LogP contribution in [-0.4, -0.2) is 57.7 Å². The summed E-state index contributed by atoms with van der Waals surface area (Å²) in [6.45, 7) is 4.88. The minimum Gasteiger partial charge on any atom is -0.489 e. The van der Waals surface area contributed by atoms with Crippen LogP contribution in [0.25, 0.3) is 16.9 Å². The van der Waals surface area contributed by atoms with Crippen molar-refractivity contribution < 1.29 is 23.5 Å². The summed E-state index contributed by atoms with van der Waals surface area (Å²) in [5.74, 6) is -1.28. The van der Waals surface area contributed by atoms with Gasteiger partial charge in [-0.15, -0.1) is 0 Å². The lowest BCUT2D eigenvalue weighted by Gasteiger charge is -2.27. The molecule has 1 unspecified atom stereocenters. The second kappa shape index (κ2) is 9.87. The molecular formula is C27H31FN4O4. The van der Waals surface area contributed by atoms with Crippen LogP contribution in [0.1, 0.15) is 61.3 Å². The molecule has 0 saturated carbocycles. The molecule has 1 amide bonds. The van der Waals surface area contributed by atoms with E-state index in [4.69, 9.17) is 9.47 Å². The van der Waals surface area contributed by atoms with Crippen LogP contribution in [0.4, 0.5) is 4.39 Å². The second-order valence-electron chi connectivity index (χ2n) is 9.63. The van der Waals surface area contributed by atoms with Gasteiger partial charge < -0.3 is 14.4 Å². The van der Waals surface area contributed by atoms with E-state index in [0.717, 1.165) is 37.9 Å². The summed E-state index contributed by atoms with van der Waals surface area (Å²) in [6.07, 6.45) is 5.24. The average Bonchev–Trinajstić information content (AvgIpc) is 3.21. The first-order chi connectivity index (χ1) is 17.4. The molecule has 0 N–H and O–H groups in total. The zero-order valence-corrected chi connectivity index (χ0v) is 20.9. The van der Waals surface area contributed by atoms with Crippen molar-refractivity contribution in [1.29, 1.82) is 0 Å². The minimum absolute atomic E-state index is 0.0626. The van der Waals surface area contributed by atoms with Gasteiger partial charge in [-0.25, -0.2) is 13.9 Å². The smallest absolute Gasteiger partial charge is 0.312 e. The largest absolute Gasteiger partial charge is 0.489 e. The summed E-state index contributed by atoms with van der Waals surface area (Å²) in [6, 6.07) is 7.08. The predicted octanol–water partition coefficient (Wildman–Crippen LogP) is 4.23. The Labute approximate surface area is 209 Å². The van der Waals surface area contributed by atoms with E-state index in [1.807, 2.05) is 11.8 Å². The number of amides is 1. The molecule has 36 heavy (non-hydrogen) atoms. The third-order valence-electron chi connectivity index (χ3n) is 7.28. The lowest BCUT2D eigenvalue weighted by molar-refractivity contribution is -0.146. The van der Waals surface area contributed by atoms with Gasteiger partial charge in [-0.3, -0.25) is 9.59 Å². The van der Waals surface area contributed by atoms with Gasteiger partial charge in [0.2, 0.25) is 0 Å². The van der Waals surface area contributed by atoms with Gasteiger partial charge in [-0.1, -0.05) is 25.8 Å². The van der Waals surface area contributed by atoms with Crippen molar-refractivity contribution in [2.75, 3.05) is 20.3 Å². The molecule has 1 aromatic carbocycles. The normalized spacial score (nSPS) is 19.9. The van der Waals surface area contributed by atoms with Crippen molar-refractivity contribution >= 4 is 17.5 Å². The summed E-state index contributed by atoms with van der Waals surface area (Å²) in [7, 11) is 1.33. The van der Waals surface area contributed by atoms with Gasteiger partial charge in [-0.2, -0.15) is 5.10 Å². The number of carbonyl (C=O) groups excluding carboxylic acids is 2. The molecule has 2 atom stereocenters. The molecule has 5 rings (SSSR count). The van der Waals surface area contributed by atoms with Crippen LogP contribution in [0.5, 0.6) is 5.75 Å². The van der Waals surface area contributed by atoms with E-state index in [1.54, 1.807) is 28.8 Å². The van der Waals surface area contributed by atoms with Crippen molar-refractivity contribution in [2.45, 2.75) is 58.4 Å². The average molecular weight is 495 g/mol. The molecule has 0 bridgehead atoms. The fraction of sp³-hybridized carbons (Fsp3) is 0.481. The molecular weight excluding hydrogens is 463 g/mol. The molecule has 2 aromatic heterocycles. The summed E-state index contributed by atoms with van der Waals surface area (Å²) >= 11 is 0. The lowest BCUT2D eigenvalue weighted by Crippen LogP contribution is -2.38. The molecule has 190 valence electrons. The number of fused-ring (bicyclic) bond motifs is 2. The number of benzene rings is 1. The lowest BCUT2D eigenvalue weighted by atomic mass is 9.95. The van der Waals surface area contributed by atoms with Gasteiger partial charge in [0.25, 0.3) is 5.91 Å². The number of rotatable bonds is 4. The van der Waals surface area contributed by atoms with Crippen molar-refractivity contribution in [3.8, 4) is 17.0 Å². The first-order valence-corrected chi connectivity index (χ1v) is 12.6. The van der Waals surface area contributed by atoms with E-state index < -0.39 is 11.7 Å². The van der Waals surface area contributed by atoms with Crippen molar-refractivity contribution in [3.05, 3.63) is 47.0 Å². The minimum atomic E-state index is -0.521. The van der Waals surface area contributed by atoms with Crippen LogP contribution in [0.15, 0.2) is 24.3 Å². The van der Waals surface area contributed by atoms with E-state index in [-0.39, 0.29) is 35.8 Å². The van der Waals surface area contributed by atoms with Gasteiger partial charge in [-0.05, 0) is 50.3 Å². The van der Waals surface area contributed by atoms with Crippen molar-refractivity contribution in [2.24, 2.45) is 5.92 Å². The molecule has 0 aliphatic carbocycles. The number of halogens is 1. The number of methoxy groups -OCH3 is 1. The summed E-state index contributed by atoms with van der Waals surface area (Å²) in [5, 5.41) is 4.62. The zero-order valence-electron chi connectivity index (χ0n) is 20.9. The topological polar surface area (TPSA) is 86.0 Å². The number of carbonyl (C=O) groups is 2. The Balaban J connectivity index is 1.50. The number of likely N-dealkylation sites (tertiary alicyclic amines) is 1. The van der Waals surface area contributed by atoms with Crippen LogP contribution in [0.3, 0.4) is 0 Å². The predicted molar refractivity (Wildman–Crippen MR) is 131 cm³/mol. The Hall–Kier alpha value is -3.49. The number of aryl methyl sites for hydroxylation is 1. The van der Waals surface area contributed by atoms with Crippen LogP contribution >= 0.6 is 0 Å². The van der Waals surface area contributed by atoms with Gasteiger partial charge >= 0.3 is 5.97 Å². The first-order valence-electron chi connectivity index (χ1n) is 12.6. The Morgan fingerprint density at radius 1 is 1.22 bits per heavy atom. The first kappa shape index (κ1) is 24.2. The number of aromatic nitrogens is 3. The van der Waals surface area contributed by atoms with Crippen LogP contribution < -0.4 is 4.74 Å². The highest BCUT2D eigenvalue weighted by molar-refractivity contribution is 5.93. The number of hydrogen-bond acceptors (Lipinski definition) is 6. The number of nitrogens with zero attached hydrogens (tertiary/aromatic N) is 4. The molecule has 4 heterocycles. The molecule has 9 heteroatoms. The summed E-state index contributed by atoms with van der Waals surface area (Å²) in [5.41, 5.74) is 3.03. The Morgan fingerprint density at radius 3 is 2.83 bits per heavy atom. The molecule has 1 saturated heterocycles. The molecule has 0 spiro atoms. The Morgan fingerprint density at radius 2 is 2.06 bits per heavy atom. The molecule has 0 radical (unpaired) electrons. The van der Waals surface area contributed by atoms with Gasteiger partial charge in [0, 0.05) is 29.9 Å². The molecule has 8 nitrogen and oxygen atoms in total. The van der Waals surface area contributed by atoms with Crippen molar-refractivity contribution in [1.82, 2.24) is 19.5 Å². The van der Waals surface area contributed by atoms with Crippen molar-refractivity contribution in [3.63, 3.8) is 0 Å². The van der Waals surface area contributed by atoms with Gasteiger partial charge in [0.05, 0.1) is 18.7 Å². The standard InChI is InChI=1S/C27H31FN4O4/c1-4-19-13-22(26(33)31-11-7-5-6-8-16(31)2)29-23-14-21(30-32(19)23)20-10-9-17-12-18(27(34)35-3)15-36-25(17)24(20)28/h9-10,13-14,16,18H,4-8,11-12,15H2,1-3H3/t16-,18?/m1/s1.